The molecule has 3 aromatic heterocycles. The zero-order valence-electron chi connectivity index (χ0n) is 60.2. The number of aliphatic imine (C=N–C) groups is 1. The van der Waals surface area contributed by atoms with Crippen molar-refractivity contribution in [3.8, 4) is 0 Å². The van der Waals surface area contributed by atoms with Crippen molar-refractivity contribution in [2.24, 2.45) is 12.0 Å². The third-order valence-corrected chi connectivity index (χ3v) is 21.1. The maximum atomic E-state index is 14.0. The van der Waals surface area contributed by atoms with E-state index in [2.05, 4.69) is 148 Å². The highest BCUT2D eigenvalue weighted by Gasteiger charge is 2.53. The molecule has 3 amide bonds. The van der Waals surface area contributed by atoms with E-state index in [1.807, 2.05) is 96.6 Å². The predicted molar refractivity (Wildman–Crippen MR) is 409 cm³/mol. The number of likely N-dealkylation sites (tertiary alicyclic amines) is 1. The van der Waals surface area contributed by atoms with Crippen LogP contribution < -0.4 is 62.9 Å². The largest absolute Gasteiger partial charge is 0.471 e. The van der Waals surface area contributed by atoms with Crippen molar-refractivity contribution in [2.75, 3.05) is 116 Å². The van der Waals surface area contributed by atoms with Gasteiger partial charge in [-0.3, -0.25) is 19.2 Å². The van der Waals surface area contributed by atoms with Crippen LogP contribution in [0.25, 0.3) is 12.4 Å². The van der Waals surface area contributed by atoms with Gasteiger partial charge in [0.05, 0.1) is 48.3 Å². The molecule has 0 spiro atoms. The molecule has 4 saturated heterocycles. The lowest BCUT2D eigenvalue weighted by Gasteiger charge is -2.43. The molecule has 5 fully saturated rings. The molecular weight excluding hydrogens is 1370 g/mol. The van der Waals surface area contributed by atoms with Gasteiger partial charge >= 0.3 is 0 Å². The van der Waals surface area contributed by atoms with Gasteiger partial charge in [-0.05, 0) is 85.9 Å². The van der Waals surface area contributed by atoms with Crippen molar-refractivity contribution in [2.45, 2.75) is 134 Å². The van der Waals surface area contributed by atoms with Gasteiger partial charge in [0.15, 0.2) is 29.2 Å². The molecule has 546 valence electrons. The number of piperazine rings is 3. The van der Waals surface area contributed by atoms with Gasteiger partial charge in [0, 0.05) is 137 Å². The Morgan fingerprint density at radius 2 is 1.16 bits per heavy atom. The second-order valence-corrected chi connectivity index (χ2v) is 29.7. The van der Waals surface area contributed by atoms with Gasteiger partial charge < -0.3 is 75.5 Å². The van der Waals surface area contributed by atoms with E-state index < -0.39 is 0 Å². The minimum Gasteiger partial charge on any atom is -0.471 e. The van der Waals surface area contributed by atoms with E-state index in [-0.39, 0.29) is 82.7 Å². The molecule has 1 aliphatic carbocycles. The van der Waals surface area contributed by atoms with E-state index in [4.69, 9.17) is 39.5 Å². The van der Waals surface area contributed by atoms with Crippen LogP contribution in [-0.4, -0.2) is 201 Å². The number of ether oxygens (including phenoxy) is 1. The molecule has 103 heavy (non-hydrogen) atoms. The standard InChI is InChI=1S/C26H32ClN7O2.C25H31ClN6O2.C24H32ClN7O/c1-15(2)28-11-21(17-5-7-18(27)8-6-17)26(36)34-19-9-10-20(34)13-33(12-19)24-22-23(29-14-30-24)31-16(3)25(35)32(22)4;1-14(2)27-12-19(17-5-7-18(26)8-6-17)25(33)32-10-9-31(20-11-21(20)32)24-22-15(3)34-16(4)30-23(22)28-13-29-24;1-16(2)26-14-20(18-5-7-19(25)8-6-18)24(33)32-11-9-31(10-12-32)23-21-22(28-15-29-23)27-13-17(3)30(21)4/h5-8,14-15,19-21,28H,3,9-13H2,1-2,4H3,(H,29,30,31);5-8,13-15,19-21,27H,4,9-12H2,1-3H3,(H,28,29,30);5-8,15-16,20,26H,3,9-14H2,1-2,4H3,(H,27,28,29)/t19?,20?,21-;15-,19+,20-,21+;20-/m101/s1. The number of hydrogen-bond donors (Lipinski definition) is 6. The summed E-state index contributed by atoms with van der Waals surface area (Å²) in [5, 5.41) is 22.6. The Bertz CT molecular complexity index is 4310. The molecule has 6 aromatic rings. The van der Waals surface area contributed by atoms with E-state index in [9.17, 15) is 19.2 Å². The minimum absolute atomic E-state index is 0.0724. The van der Waals surface area contributed by atoms with Crippen molar-refractivity contribution in [3.05, 3.63) is 169 Å². The minimum atomic E-state index is -0.287. The van der Waals surface area contributed by atoms with Crippen LogP contribution in [0.4, 0.5) is 34.8 Å². The van der Waals surface area contributed by atoms with Gasteiger partial charge in [-0.25, -0.2) is 29.9 Å². The first-order valence-corrected chi connectivity index (χ1v) is 36.8. The van der Waals surface area contributed by atoms with Crippen molar-refractivity contribution in [1.29, 1.82) is 0 Å². The molecule has 10 heterocycles. The Labute approximate surface area is 617 Å². The van der Waals surface area contributed by atoms with Gasteiger partial charge in [0.1, 0.15) is 46.8 Å². The Morgan fingerprint density at radius 3 is 1.71 bits per heavy atom. The summed E-state index contributed by atoms with van der Waals surface area (Å²) in [6.45, 7) is 34.1. The number of fused-ring (bicyclic) bond motifs is 6. The fraction of sp³-hybridized carbons (Fsp3) is 0.467. The molecule has 6 N–H and O–H groups in total. The molecule has 2 unspecified atom stereocenters. The van der Waals surface area contributed by atoms with Crippen LogP contribution in [0.15, 0.2) is 120 Å². The van der Waals surface area contributed by atoms with Gasteiger partial charge in [0.25, 0.3) is 5.56 Å². The monoisotopic (exact) mass is 1460 g/mol. The fourth-order valence-corrected chi connectivity index (χ4v) is 15.2. The van der Waals surface area contributed by atoms with E-state index in [1.165, 1.54) is 0 Å². The predicted octanol–water partition coefficient (Wildman–Crippen LogP) is 7.43. The fourth-order valence-electron chi connectivity index (χ4n) is 14.8. The first-order chi connectivity index (χ1) is 49.4. The molecular formula is C75H95Cl3N20O5. The van der Waals surface area contributed by atoms with Crippen LogP contribution in [-0.2, 0) is 26.2 Å². The first-order valence-electron chi connectivity index (χ1n) is 35.6. The van der Waals surface area contributed by atoms with Crippen molar-refractivity contribution >= 4 is 106 Å². The SMILES string of the molecule is C=C1CNc2ncnc(N3CCN(C(=O)[C@H](CNC(C)C)c4ccc(Cl)cc4)CC3)c2N1C.C=C1Nc2ncnc(N3CCN(C(=O)[C@H](CNC(C)C)c4ccc(Cl)cc4)[C@@H]4C[C@@H]43)c2[C@H](C)O1.C=c1nc2c(n(C)c1=O)=C(N1CC3CCC(C1)N3C(=O)[C@H](CNC(C)C)c1ccc(Cl)cc1)N=CN2. The van der Waals surface area contributed by atoms with Gasteiger partial charge in [-0.2, -0.15) is 0 Å². The topological polar surface area (TPSA) is 254 Å². The quantitative estimate of drug-likeness (QED) is 0.0489. The average Bonchev–Trinajstić information content (AvgIpc) is 1.56. The second-order valence-electron chi connectivity index (χ2n) is 28.4. The lowest BCUT2D eigenvalue weighted by atomic mass is 9.95. The molecule has 14 rings (SSSR count). The smallest absolute Gasteiger partial charge is 0.276 e. The highest BCUT2D eigenvalue weighted by atomic mass is 35.5. The van der Waals surface area contributed by atoms with Crippen molar-refractivity contribution < 1.29 is 19.1 Å². The van der Waals surface area contributed by atoms with Crippen molar-refractivity contribution in [3.63, 3.8) is 0 Å². The van der Waals surface area contributed by atoms with Crippen molar-refractivity contribution in [1.82, 2.24) is 65.0 Å². The zero-order chi connectivity index (χ0) is 73.1. The summed E-state index contributed by atoms with van der Waals surface area (Å²) in [5.74, 6) is 4.75. The van der Waals surface area contributed by atoms with Gasteiger partial charge in [0.2, 0.25) is 17.7 Å². The maximum Gasteiger partial charge on any atom is 0.276 e. The summed E-state index contributed by atoms with van der Waals surface area (Å²) in [6.07, 6.45) is 7.40. The molecule has 7 aliphatic heterocycles. The van der Waals surface area contributed by atoms with Crippen LogP contribution in [0.5, 0.6) is 0 Å². The summed E-state index contributed by atoms with van der Waals surface area (Å²) < 4.78 is 7.35. The van der Waals surface area contributed by atoms with Crippen LogP contribution >= 0.6 is 34.8 Å². The highest BCUT2D eigenvalue weighted by molar-refractivity contribution is 6.31. The Kier molecular flexibility index (Phi) is 23.0. The van der Waals surface area contributed by atoms with E-state index in [1.54, 1.807) is 30.6 Å². The third kappa shape index (κ3) is 16.4. The lowest BCUT2D eigenvalue weighted by Crippen LogP contribution is -2.58. The third-order valence-electron chi connectivity index (χ3n) is 20.4. The zero-order valence-corrected chi connectivity index (χ0v) is 62.4. The number of rotatable bonds is 18. The maximum absolute atomic E-state index is 14.0. The molecule has 0 radical (unpaired) electrons. The van der Waals surface area contributed by atoms with Gasteiger partial charge in [-0.1, -0.05) is 126 Å². The molecule has 2 bridgehead atoms. The molecule has 8 atom stereocenters. The molecule has 3 aromatic carbocycles. The lowest BCUT2D eigenvalue weighted by molar-refractivity contribution is -0.138. The average molecular weight is 1460 g/mol. The number of anilines is 6. The number of nitrogens with zero attached hydrogens (tertiary/aromatic N) is 14. The number of hydrogen-bond acceptors (Lipinski definition) is 21. The normalized spacial score (nSPS) is 21.0. The number of benzene rings is 3. The Balaban J connectivity index is 0.000000146. The highest BCUT2D eigenvalue weighted by Crippen LogP contribution is 2.46. The van der Waals surface area contributed by atoms with Crippen LogP contribution in [0.1, 0.15) is 114 Å². The first kappa shape index (κ1) is 73.9. The number of halogens is 3. The number of likely N-dealkylation sites (N-methyl/N-ethyl adjacent to an activating group) is 1. The summed E-state index contributed by atoms with van der Waals surface area (Å²) in [7, 11) is 3.71. The number of carbonyl (C=O) groups is 3. The molecule has 25 nitrogen and oxygen atoms in total. The van der Waals surface area contributed by atoms with E-state index in [0.717, 1.165) is 82.7 Å². The Morgan fingerprint density at radius 1 is 0.631 bits per heavy atom. The number of carbonyl (C=O) groups excluding carboxylic acids is 3. The van der Waals surface area contributed by atoms with Crippen LogP contribution in [0, 0.1) is 0 Å². The summed E-state index contributed by atoms with van der Waals surface area (Å²) in [5.41, 5.74) is 5.55. The summed E-state index contributed by atoms with van der Waals surface area (Å²) >= 11 is 18.3. The summed E-state index contributed by atoms with van der Waals surface area (Å²) in [6, 6.07) is 24.3. The molecule has 28 heteroatoms. The van der Waals surface area contributed by atoms with E-state index in [0.29, 0.717) is 122 Å². The van der Waals surface area contributed by atoms with Crippen LogP contribution in [0.2, 0.25) is 15.1 Å². The van der Waals surface area contributed by atoms with Gasteiger partial charge in [-0.15, -0.1) is 0 Å². The Hall–Kier alpha value is -8.85. The molecule has 1 saturated carbocycles. The second kappa shape index (κ2) is 32.0. The number of nitrogens with one attached hydrogen (secondary N) is 6. The van der Waals surface area contributed by atoms with Crippen LogP contribution in [0.3, 0.4) is 0 Å². The summed E-state index contributed by atoms with van der Waals surface area (Å²) in [4.78, 5) is 95.7. The number of aromatic nitrogens is 6. The number of amides is 3. The van der Waals surface area contributed by atoms with E-state index >= 15 is 0 Å². The molecule has 8 aliphatic rings.